The average Bonchev–Trinajstić information content (AvgIpc) is 2.26. The van der Waals surface area contributed by atoms with E-state index in [0.717, 1.165) is 25.7 Å². The number of rotatable bonds is 9. The topological polar surface area (TPSA) is 43.4 Å². The summed E-state index contributed by atoms with van der Waals surface area (Å²) in [4.78, 5) is 21.4. The first-order valence-electron chi connectivity index (χ1n) is 5.77. The quantitative estimate of drug-likeness (QED) is 0.437. The van der Waals surface area contributed by atoms with E-state index >= 15 is 0 Å². The maximum atomic E-state index is 10.8. The average molecular weight is 213 g/mol. The lowest BCUT2D eigenvalue weighted by molar-refractivity contribution is -0.143. The zero-order valence-electron chi connectivity index (χ0n) is 9.75. The molecule has 1 radical (unpaired) electrons. The van der Waals surface area contributed by atoms with Gasteiger partial charge in [-0.2, -0.15) is 0 Å². The Kier molecular flexibility index (Phi) is 9.13. The lowest BCUT2D eigenvalue weighted by Crippen LogP contribution is -2.10. The van der Waals surface area contributed by atoms with Gasteiger partial charge in [0.25, 0.3) is 0 Å². The van der Waals surface area contributed by atoms with Crippen molar-refractivity contribution in [2.45, 2.75) is 52.4 Å². The third-order valence-corrected chi connectivity index (χ3v) is 2.34. The molecule has 87 valence electrons. The zero-order chi connectivity index (χ0) is 11.5. The molecule has 15 heavy (non-hydrogen) atoms. The minimum absolute atomic E-state index is 0.0683. The van der Waals surface area contributed by atoms with Gasteiger partial charge in [0.15, 0.2) is 0 Å². The Morgan fingerprint density at radius 1 is 1.27 bits per heavy atom. The van der Waals surface area contributed by atoms with Crippen molar-refractivity contribution in [3.8, 4) is 0 Å². The standard InChI is InChI=1S/C12H21O3/c1-3-5-6-7-11(10-13)8-9-15-12(14)4-2/h11H,3-9H2,1-2H3. The van der Waals surface area contributed by atoms with E-state index in [2.05, 4.69) is 6.92 Å². The summed E-state index contributed by atoms with van der Waals surface area (Å²) in [7, 11) is 0. The van der Waals surface area contributed by atoms with Gasteiger partial charge in [0.1, 0.15) is 0 Å². The Morgan fingerprint density at radius 3 is 2.53 bits per heavy atom. The van der Waals surface area contributed by atoms with E-state index in [1.807, 2.05) is 6.29 Å². The van der Waals surface area contributed by atoms with E-state index < -0.39 is 0 Å². The molecule has 0 amide bonds. The van der Waals surface area contributed by atoms with E-state index in [0.29, 0.717) is 19.4 Å². The van der Waals surface area contributed by atoms with E-state index in [-0.39, 0.29) is 11.9 Å². The lowest BCUT2D eigenvalue weighted by Gasteiger charge is -2.09. The molecule has 3 nitrogen and oxygen atoms in total. The fourth-order valence-electron chi connectivity index (χ4n) is 1.32. The van der Waals surface area contributed by atoms with Gasteiger partial charge in [-0.15, -0.1) is 0 Å². The van der Waals surface area contributed by atoms with Crippen LogP contribution in [0.2, 0.25) is 0 Å². The molecule has 0 spiro atoms. The summed E-state index contributed by atoms with van der Waals surface area (Å²) < 4.78 is 4.91. The maximum absolute atomic E-state index is 10.8. The second-order valence-electron chi connectivity index (χ2n) is 3.67. The number of ether oxygens (including phenoxy) is 1. The van der Waals surface area contributed by atoms with Crippen molar-refractivity contribution in [3.05, 3.63) is 0 Å². The number of carbonyl (C=O) groups excluding carboxylic acids is 2. The molecular formula is C12H21O3. The third kappa shape index (κ3) is 8.16. The summed E-state index contributed by atoms with van der Waals surface area (Å²) in [6.07, 6.45) is 7.23. The van der Waals surface area contributed by atoms with Crippen LogP contribution >= 0.6 is 0 Å². The number of esters is 1. The first kappa shape index (κ1) is 14.1. The van der Waals surface area contributed by atoms with E-state index in [4.69, 9.17) is 4.74 Å². The summed E-state index contributed by atoms with van der Waals surface area (Å²) in [5.74, 6) is -0.269. The van der Waals surface area contributed by atoms with Crippen molar-refractivity contribution < 1.29 is 14.3 Å². The number of carbonyl (C=O) groups is 1. The van der Waals surface area contributed by atoms with Crippen LogP contribution in [0.15, 0.2) is 0 Å². The monoisotopic (exact) mass is 213 g/mol. The van der Waals surface area contributed by atoms with Gasteiger partial charge in [0.05, 0.1) is 6.61 Å². The van der Waals surface area contributed by atoms with Crippen LogP contribution in [0.4, 0.5) is 0 Å². The van der Waals surface area contributed by atoms with Gasteiger partial charge < -0.3 is 4.74 Å². The normalized spacial score (nSPS) is 12.1. The minimum atomic E-state index is -0.201. The molecule has 0 N–H and O–H groups in total. The summed E-state index contributed by atoms with van der Waals surface area (Å²) in [6.45, 7) is 4.23. The predicted octanol–water partition coefficient (Wildman–Crippen LogP) is 2.64. The second-order valence-corrected chi connectivity index (χ2v) is 3.67. The molecule has 0 aromatic heterocycles. The van der Waals surface area contributed by atoms with Crippen LogP contribution in [0, 0.1) is 5.92 Å². The largest absolute Gasteiger partial charge is 0.466 e. The highest BCUT2D eigenvalue weighted by Crippen LogP contribution is 2.11. The molecule has 3 heteroatoms. The Labute approximate surface area is 92.2 Å². The summed E-state index contributed by atoms with van der Waals surface area (Å²) in [6, 6.07) is 0. The Balaban J connectivity index is 3.52. The molecule has 0 fully saturated rings. The highest BCUT2D eigenvalue weighted by Gasteiger charge is 2.09. The molecule has 0 bridgehead atoms. The van der Waals surface area contributed by atoms with Gasteiger partial charge in [0.2, 0.25) is 6.29 Å². The predicted molar refractivity (Wildman–Crippen MR) is 59.2 cm³/mol. The highest BCUT2D eigenvalue weighted by atomic mass is 16.5. The van der Waals surface area contributed by atoms with Gasteiger partial charge in [-0.1, -0.05) is 33.1 Å². The molecule has 0 heterocycles. The molecule has 0 aliphatic heterocycles. The maximum Gasteiger partial charge on any atom is 0.305 e. The lowest BCUT2D eigenvalue weighted by atomic mass is 10.00. The summed E-state index contributed by atoms with van der Waals surface area (Å²) >= 11 is 0. The molecular weight excluding hydrogens is 192 g/mol. The van der Waals surface area contributed by atoms with Crippen molar-refractivity contribution in [1.29, 1.82) is 0 Å². The van der Waals surface area contributed by atoms with Crippen LogP contribution in [-0.2, 0) is 14.3 Å². The van der Waals surface area contributed by atoms with Crippen LogP contribution in [0.3, 0.4) is 0 Å². The molecule has 0 rings (SSSR count). The van der Waals surface area contributed by atoms with Crippen LogP contribution < -0.4 is 0 Å². The van der Waals surface area contributed by atoms with Crippen LogP contribution in [0.1, 0.15) is 52.4 Å². The zero-order valence-corrected chi connectivity index (χ0v) is 9.75. The molecule has 0 saturated heterocycles. The SMILES string of the molecule is CCCCCC([C]=O)CCOC(=O)CC. The van der Waals surface area contributed by atoms with E-state index in [1.165, 1.54) is 0 Å². The first-order chi connectivity index (χ1) is 7.24. The Hall–Kier alpha value is -0.860. The molecule has 0 aliphatic rings. The van der Waals surface area contributed by atoms with Crippen molar-refractivity contribution in [3.63, 3.8) is 0 Å². The molecule has 0 aromatic rings. The minimum Gasteiger partial charge on any atom is -0.466 e. The number of hydrogen-bond acceptors (Lipinski definition) is 3. The molecule has 1 atom stereocenters. The van der Waals surface area contributed by atoms with Crippen molar-refractivity contribution >= 4 is 12.3 Å². The number of hydrogen-bond donors (Lipinski definition) is 0. The van der Waals surface area contributed by atoms with E-state index in [1.54, 1.807) is 6.92 Å². The molecule has 0 saturated carbocycles. The first-order valence-corrected chi connectivity index (χ1v) is 5.77. The fourth-order valence-corrected chi connectivity index (χ4v) is 1.32. The van der Waals surface area contributed by atoms with E-state index in [9.17, 15) is 9.59 Å². The van der Waals surface area contributed by atoms with Gasteiger partial charge in [-0.25, -0.2) is 0 Å². The second kappa shape index (κ2) is 9.69. The summed E-state index contributed by atoms with van der Waals surface area (Å²) in [5.41, 5.74) is 0. The summed E-state index contributed by atoms with van der Waals surface area (Å²) in [5, 5.41) is 0. The smallest absolute Gasteiger partial charge is 0.305 e. The Bertz CT molecular complexity index is 178. The van der Waals surface area contributed by atoms with Crippen molar-refractivity contribution in [1.82, 2.24) is 0 Å². The van der Waals surface area contributed by atoms with Crippen LogP contribution in [0.25, 0.3) is 0 Å². The van der Waals surface area contributed by atoms with Gasteiger partial charge in [-0.3, -0.25) is 9.59 Å². The van der Waals surface area contributed by atoms with Crippen molar-refractivity contribution in [2.75, 3.05) is 6.61 Å². The van der Waals surface area contributed by atoms with Gasteiger partial charge in [0, 0.05) is 12.3 Å². The fraction of sp³-hybridized carbons (Fsp3) is 0.833. The van der Waals surface area contributed by atoms with Crippen molar-refractivity contribution in [2.24, 2.45) is 5.92 Å². The number of unbranched alkanes of at least 4 members (excludes halogenated alkanes) is 2. The van der Waals surface area contributed by atoms with Gasteiger partial charge >= 0.3 is 5.97 Å². The van der Waals surface area contributed by atoms with Gasteiger partial charge in [-0.05, 0) is 12.8 Å². The molecule has 1 unspecified atom stereocenters. The van der Waals surface area contributed by atoms with Crippen LogP contribution in [0.5, 0.6) is 0 Å². The molecule has 0 aliphatic carbocycles. The van der Waals surface area contributed by atoms with Crippen LogP contribution in [-0.4, -0.2) is 18.9 Å². The molecule has 0 aromatic carbocycles. The highest BCUT2D eigenvalue weighted by molar-refractivity contribution is 5.68. The Morgan fingerprint density at radius 2 is 2.00 bits per heavy atom. The third-order valence-electron chi connectivity index (χ3n) is 2.34.